The molecule has 1 fully saturated rings. The first kappa shape index (κ1) is 10.2. The van der Waals surface area contributed by atoms with Gasteiger partial charge >= 0.3 is 0 Å². The normalized spacial score (nSPS) is 15.5. The summed E-state index contributed by atoms with van der Waals surface area (Å²) in [6.07, 6.45) is 2.50. The molecule has 0 radical (unpaired) electrons. The van der Waals surface area contributed by atoms with Crippen LogP contribution in [0, 0.1) is 5.41 Å². The van der Waals surface area contributed by atoms with E-state index < -0.39 is 0 Å². The number of hydrogen-bond donors (Lipinski definition) is 2. The summed E-state index contributed by atoms with van der Waals surface area (Å²) in [6, 6.07) is 11.0. The molecule has 0 bridgehead atoms. The Morgan fingerprint density at radius 3 is 2.53 bits per heavy atom. The van der Waals surface area contributed by atoms with E-state index in [0.717, 1.165) is 6.54 Å². The molecule has 3 N–H and O–H groups in total. The van der Waals surface area contributed by atoms with Crippen molar-refractivity contribution in [3.63, 3.8) is 0 Å². The summed E-state index contributed by atoms with van der Waals surface area (Å²) in [5.74, 6) is 0.262. The third-order valence-electron chi connectivity index (χ3n) is 2.67. The average Bonchev–Trinajstić information content (AvgIpc) is 3.01. The highest BCUT2D eigenvalue weighted by Crippen LogP contribution is 2.27. The lowest BCUT2D eigenvalue weighted by molar-refractivity contribution is 0.291. The number of benzene rings is 1. The summed E-state index contributed by atoms with van der Waals surface area (Å²) in [5.41, 5.74) is 6.75. The van der Waals surface area contributed by atoms with Crippen LogP contribution in [0.4, 0.5) is 0 Å². The SMILES string of the molecule is N=C(N)CN(Cc1ccccc1)C1CC1. The van der Waals surface area contributed by atoms with Crippen molar-refractivity contribution < 1.29 is 0 Å². The van der Waals surface area contributed by atoms with Gasteiger partial charge in [-0.15, -0.1) is 0 Å². The van der Waals surface area contributed by atoms with E-state index in [0.29, 0.717) is 12.6 Å². The molecule has 0 unspecified atom stereocenters. The van der Waals surface area contributed by atoms with Crippen LogP contribution >= 0.6 is 0 Å². The highest BCUT2D eigenvalue weighted by atomic mass is 15.2. The van der Waals surface area contributed by atoms with Crippen LogP contribution in [0.25, 0.3) is 0 Å². The maximum atomic E-state index is 7.35. The first-order chi connectivity index (χ1) is 7.25. The topological polar surface area (TPSA) is 53.1 Å². The van der Waals surface area contributed by atoms with E-state index in [1.165, 1.54) is 18.4 Å². The highest BCUT2D eigenvalue weighted by Gasteiger charge is 2.28. The van der Waals surface area contributed by atoms with E-state index in [1.807, 2.05) is 18.2 Å². The van der Waals surface area contributed by atoms with E-state index in [-0.39, 0.29) is 5.84 Å². The lowest BCUT2D eigenvalue weighted by Crippen LogP contribution is -2.34. The molecule has 1 aliphatic carbocycles. The van der Waals surface area contributed by atoms with Gasteiger partial charge in [0.1, 0.15) is 5.84 Å². The van der Waals surface area contributed by atoms with Crippen LogP contribution in [0.3, 0.4) is 0 Å². The Kier molecular flexibility index (Phi) is 3.02. The van der Waals surface area contributed by atoms with Crippen molar-refractivity contribution in [1.29, 1.82) is 5.41 Å². The Morgan fingerprint density at radius 1 is 1.33 bits per heavy atom. The fourth-order valence-corrected chi connectivity index (χ4v) is 1.79. The van der Waals surface area contributed by atoms with Gasteiger partial charge in [-0.2, -0.15) is 0 Å². The molecule has 0 saturated heterocycles. The minimum Gasteiger partial charge on any atom is -0.387 e. The lowest BCUT2D eigenvalue weighted by atomic mass is 10.2. The summed E-state index contributed by atoms with van der Waals surface area (Å²) in [4.78, 5) is 2.29. The summed E-state index contributed by atoms with van der Waals surface area (Å²) in [7, 11) is 0. The maximum absolute atomic E-state index is 7.35. The summed E-state index contributed by atoms with van der Waals surface area (Å²) in [5, 5.41) is 7.35. The van der Waals surface area contributed by atoms with Gasteiger partial charge in [0.2, 0.25) is 0 Å². The lowest BCUT2D eigenvalue weighted by Gasteiger charge is -2.21. The minimum atomic E-state index is 0.262. The molecule has 0 spiro atoms. The zero-order chi connectivity index (χ0) is 10.7. The number of amidine groups is 1. The Hall–Kier alpha value is -1.35. The monoisotopic (exact) mass is 203 g/mol. The van der Waals surface area contributed by atoms with Crippen molar-refractivity contribution in [2.24, 2.45) is 5.73 Å². The van der Waals surface area contributed by atoms with Crippen LogP contribution in [0.15, 0.2) is 30.3 Å². The molecule has 1 aromatic carbocycles. The Morgan fingerprint density at radius 2 is 2.00 bits per heavy atom. The van der Waals surface area contributed by atoms with Gasteiger partial charge in [0.15, 0.2) is 0 Å². The molecular formula is C12H17N3. The number of rotatable bonds is 5. The Bertz CT molecular complexity index is 330. The van der Waals surface area contributed by atoms with Crippen LogP contribution in [0.5, 0.6) is 0 Å². The second kappa shape index (κ2) is 4.45. The van der Waals surface area contributed by atoms with Crippen LogP contribution < -0.4 is 5.73 Å². The molecule has 0 aliphatic heterocycles. The molecule has 15 heavy (non-hydrogen) atoms. The van der Waals surface area contributed by atoms with Crippen molar-refractivity contribution in [3.8, 4) is 0 Å². The first-order valence-corrected chi connectivity index (χ1v) is 5.36. The van der Waals surface area contributed by atoms with Gasteiger partial charge in [0.25, 0.3) is 0 Å². The second-order valence-corrected chi connectivity index (χ2v) is 4.15. The quantitative estimate of drug-likeness (QED) is 0.564. The fourth-order valence-electron chi connectivity index (χ4n) is 1.79. The van der Waals surface area contributed by atoms with Crippen molar-refractivity contribution in [2.75, 3.05) is 6.54 Å². The third-order valence-corrected chi connectivity index (χ3v) is 2.67. The van der Waals surface area contributed by atoms with Crippen molar-refractivity contribution in [3.05, 3.63) is 35.9 Å². The van der Waals surface area contributed by atoms with Crippen molar-refractivity contribution >= 4 is 5.84 Å². The predicted molar refractivity (Wildman–Crippen MR) is 61.8 cm³/mol. The molecule has 1 aromatic rings. The molecule has 80 valence electrons. The fraction of sp³-hybridized carbons (Fsp3) is 0.417. The summed E-state index contributed by atoms with van der Waals surface area (Å²) < 4.78 is 0. The van der Waals surface area contributed by atoms with E-state index in [4.69, 9.17) is 11.1 Å². The van der Waals surface area contributed by atoms with E-state index in [9.17, 15) is 0 Å². The molecule has 2 rings (SSSR count). The van der Waals surface area contributed by atoms with Crippen LogP contribution in [0.1, 0.15) is 18.4 Å². The predicted octanol–water partition coefficient (Wildman–Crippen LogP) is 1.59. The third kappa shape index (κ3) is 3.06. The average molecular weight is 203 g/mol. The van der Waals surface area contributed by atoms with Crippen LogP contribution in [-0.4, -0.2) is 23.3 Å². The number of nitrogens with zero attached hydrogens (tertiary/aromatic N) is 1. The van der Waals surface area contributed by atoms with Gasteiger partial charge in [-0.1, -0.05) is 30.3 Å². The van der Waals surface area contributed by atoms with Gasteiger partial charge in [-0.25, -0.2) is 0 Å². The number of nitrogens with one attached hydrogen (secondary N) is 1. The van der Waals surface area contributed by atoms with Gasteiger partial charge in [0, 0.05) is 12.6 Å². The molecule has 1 aliphatic rings. The number of nitrogens with two attached hydrogens (primary N) is 1. The molecule has 0 aromatic heterocycles. The van der Waals surface area contributed by atoms with Gasteiger partial charge in [0.05, 0.1) is 6.54 Å². The van der Waals surface area contributed by atoms with E-state index >= 15 is 0 Å². The Labute approximate surface area is 90.4 Å². The molecule has 3 nitrogen and oxygen atoms in total. The summed E-state index contributed by atoms with van der Waals surface area (Å²) in [6.45, 7) is 1.50. The zero-order valence-electron chi connectivity index (χ0n) is 8.82. The second-order valence-electron chi connectivity index (χ2n) is 4.15. The van der Waals surface area contributed by atoms with Gasteiger partial charge in [-0.3, -0.25) is 10.3 Å². The zero-order valence-corrected chi connectivity index (χ0v) is 8.82. The highest BCUT2D eigenvalue weighted by molar-refractivity contribution is 5.79. The number of hydrogen-bond acceptors (Lipinski definition) is 2. The van der Waals surface area contributed by atoms with Gasteiger partial charge in [-0.05, 0) is 18.4 Å². The van der Waals surface area contributed by atoms with E-state index in [1.54, 1.807) is 0 Å². The maximum Gasteiger partial charge on any atom is 0.105 e. The molecule has 0 atom stereocenters. The molecule has 1 saturated carbocycles. The largest absolute Gasteiger partial charge is 0.387 e. The molecule has 3 heteroatoms. The standard InChI is InChI=1S/C12H17N3/c13-12(14)9-15(11-6-7-11)8-10-4-2-1-3-5-10/h1-5,11H,6-9H2,(H3,13,14). The van der Waals surface area contributed by atoms with E-state index in [2.05, 4.69) is 17.0 Å². The van der Waals surface area contributed by atoms with Crippen molar-refractivity contribution in [2.45, 2.75) is 25.4 Å². The van der Waals surface area contributed by atoms with Crippen molar-refractivity contribution in [1.82, 2.24) is 4.90 Å². The van der Waals surface area contributed by atoms with Crippen LogP contribution in [-0.2, 0) is 6.54 Å². The molecular weight excluding hydrogens is 186 g/mol. The van der Waals surface area contributed by atoms with Gasteiger partial charge < -0.3 is 5.73 Å². The smallest absolute Gasteiger partial charge is 0.105 e. The molecule has 0 heterocycles. The first-order valence-electron chi connectivity index (χ1n) is 5.36. The summed E-state index contributed by atoms with van der Waals surface area (Å²) >= 11 is 0. The molecule has 0 amide bonds. The minimum absolute atomic E-state index is 0.262. The van der Waals surface area contributed by atoms with Crippen LogP contribution in [0.2, 0.25) is 0 Å². The Balaban J connectivity index is 1.97.